The number of aryl methyl sites for hydroxylation is 1. The third-order valence-electron chi connectivity index (χ3n) is 6.25. The van der Waals surface area contributed by atoms with Crippen molar-refractivity contribution in [3.8, 4) is 11.6 Å². The Morgan fingerprint density at radius 2 is 2.05 bits per heavy atom. The van der Waals surface area contributed by atoms with E-state index in [1.54, 1.807) is 13.0 Å². The quantitative estimate of drug-likeness (QED) is 0.360. The highest BCUT2D eigenvalue weighted by atomic mass is 35.5. The van der Waals surface area contributed by atoms with E-state index in [2.05, 4.69) is 15.1 Å². The van der Waals surface area contributed by atoms with E-state index in [9.17, 15) is 18.0 Å². The van der Waals surface area contributed by atoms with Gasteiger partial charge in [-0.15, -0.1) is 0 Å². The van der Waals surface area contributed by atoms with E-state index in [-0.39, 0.29) is 34.0 Å². The van der Waals surface area contributed by atoms with Crippen LogP contribution in [-0.2, 0) is 4.79 Å². The van der Waals surface area contributed by atoms with E-state index in [0.717, 1.165) is 5.57 Å². The molecule has 202 valence electrons. The first kappa shape index (κ1) is 27.4. The van der Waals surface area contributed by atoms with Crippen LogP contribution in [-0.4, -0.2) is 43.0 Å². The van der Waals surface area contributed by atoms with Crippen molar-refractivity contribution in [2.75, 3.05) is 5.73 Å². The lowest BCUT2D eigenvalue weighted by Gasteiger charge is -2.25. The number of aromatic nitrogens is 4. The molecular weight excluding hydrogens is 525 g/mol. The van der Waals surface area contributed by atoms with E-state index < -0.39 is 24.3 Å². The van der Waals surface area contributed by atoms with Gasteiger partial charge in [0.2, 0.25) is 17.9 Å². The summed E-state index contributed by atoms with van der Waals surface area (Å²) in [6.07, 6.45) is -1.76. The Balaban J connectivity index is 1.63. The van der Waals surface area contributed by atoms with Gasteiger partial charge in [0, 0.05) is 22.8 Å². The minimum absolute atomic E-state index is 0.0728. The Morgan fingerprint density at radius 1 is 1.29 bits per heavy atom. The van der Waals surface area contributed by atoms with Gasteiger partial charge in [0.15, 0.2) is 0 Å². The number of halogens is 4. The smallest absolute Gasteiger partial charge is 0.429 e. The number of carboxylic acid groups (broad SMARTS) is 1. The van der Waals surface area contributed by atoms with Gasteiger partial charge in [0.1, 0.15) is 6.04 Å². The van der Waals surface area contributed by atoms with Crippen molar-refractivity contribution in [2.45, 2.75) is 50.9 Å². The number of nitrogen functional groups attached to an aromatic ring is 1. The van der Waals surface area contributed by atoms with Crippen molar-refractivity contribution in [2.24, 2.45) is 11.7 Å². The van der Waals surface area contributed by atoms with Crippen LogP contribution in [0.4, 0.5) is 19.1 Å². The summed E-state index contributed by atoms with van der Waals surface area (Å²) in [7, 11) is 0. The average Bonchev–Trinajstić information content (AvgIpc) is 3.28. The molecule has 0 aliphatic heterocycles. The Labute approximate surface area is 221 Å². The van der Waals surface area contributed by atoms with Gasteiger partial charge in [-0.25, -0.2) is 9.67 Å². The zero-order valence-corrected chi connectivity index (χ0v) is 21.1. The summed E-state index contributed by atoms with van der Waals surface area (Å²) in [5.74, 6) is -1.57. The molecule has 2 heterocycles. The highest BCUT2D eigenvalue weighted by molar-refractivity contribution is 6.30. The molecule has 1 aliphatic rings. The average molecular weight is 551 g/mol. The molecule has 13 heteroatoms. The normalized spacial score (nSPS) is 17.5. The maximum atomic E-state index is 14.3. The predicted molar refractivity (Wildman–Crippen MR) is 135 cm³/mol. The van der Waals surface area contributed by atoms with Crippen LogP contribution in [0.5, 0.6) is 5.88 Å². The van der Waals surface area contributed by atoms with Crippen LogP contribution in [0.3, 0.4) is 0 Å². The van der Waals surface area contributed by atoms with Crippen LogP contribution >= 0.6 is 11.6 Å². The Bertz CT molecular complexity index is 1360. The van der Waals surface area contributed by atoms with Gasteiger partial charge < -0.3 is 21.3 Å². The summed E-state index contributed by atoms with van der Waals surface area (Å²) in [6, 6.07) is 5.99. The predicted octanol–water partition coefficient (Wildman–Crippen LogP) is 4.87. The second kappa shape index (κ2) is 11.0. The lowest BCUT2D eigenvalue weighted by atomic mass is 9.84. The lowest BCUT2D eigenvalue weighted by Crippen LogP contribution is -2.32. The molecule has 4 rings (SSSR count). The number of nitrogens with zero attached hydrogens (tertiary/aromatic N) is 4. The highest BCUT2D eigenvalue weighted by Gasteiger charge is 2.45. The van der Waals surface area contributed by atoms with Gasteiger partial charge in [-0.3, -0.25) is 4.79 Å². The fourth-order valence-electron chi connectivity index (χ4n) is 4.38. The van der Waals surface area contributed by atoms with Crippen molar-refractivity contribution >= 4 is 29.1 Å². The van der Waals surface area contributed by atoms with E-state index in [4.69, 9.17) is 32.9 Å². The second-order valence-corrected chi connectivity index (χ2v) is 9.58. The van der Waals surface area contributed by atoms with Gasteiger partial charge >= 0.3 is 12.1 Å². The molecule has 38 heavy (non-hydrogen) atoms. The number of benzene rings is 1. The summed E-state index contributed by atoms with van der Waals surface area (Å²) in [5, 5.41) is 13.5. The number of anilines is 1. The lowest BCUT2D eigenvalue weighted by molar-refractivity contribution is -0.198. The number of alkyl halides is 3. The van der Waals surface area contributed by atoms with Crippen LogP contribution in [0.1, 0.15) is 48.7 Å². The molecule has 3 atom stereocenters. The Hall–Kier alpha value is -3.64. The number of carboxylic acids is 1. The zero-order valence-electron chi connectivity index (χ0n) is 20.3. The second-order valence-electron chi connectivity index (χ2n) is 9.14. The van der Waals surface area contributed by atoms with Crippen molar-refractivity contribution in [3.05, 3.63) is 64.6 Å². The third kappa shape index (κ3) is 6.43. The molecule has 1 aliphatic carbocycles. The summed E-state index contributed by atoms with van der Waals surface area (Å²) < 4.78 is 49.7. The van der Waals surface area contributed by atoms with Crippen molar-refractivity contribution in [1.82, 2.24) is 19.7 Å². The molecule has 0 saturated heterocycles. The highest BCUT2D eigenvalue weighted by Crippen LogP contribution is 2.40. The summed E-state index contributed by atoms with van der Waals surface area (Å²) in [6.45, 7) is 1.71. The maximum absolute atomic E-state index is 14.3. The van der Waals surface area contributed by atoms with Gasteiger partial charge in [0.05, 0.1) is 17.1 Å². The number of rotatable bonds is 8. The zero-order chi connectivity index (χ0) is 27.6. The topological polar surface area (TPSA) is 142 Å². The summed E-state index contributed by atoms with van der Waals surface area (Å²) >= 11 is 6.09. The van der Waals surface area contributed by atoms with Crippen molar-refractivity contribution < 1.29 is 27.8 Å². The molecule has 0 spiro atoms. The minimum Gasteiger partial charge on any atom is -0.480 e. The molecule has 0 radical (unpaired) electrons. The Kier molecular flexibility index (Phi) is 7.93. The summed E-state index contributed by atoms with van der Waals surface area (Å²) in [5.41, 5.74) is 13.1. The first-order chi connectivity index (χ1) is 17.9. The molecule has 9 nitrogen and oxygen atoms in total. The fraction of sp³-hybridized carbons (Fsp3) is 0.360. The molecule has 0 bridgehead atoms. The monoisotopic (exact) mass is 550 g/mol. The van der Waals surface area contributed by atoms with Crippen LogP contribution in [0.15, 0.2) is 42.6 Å². The molecule has 3 aromatic rings. The van der Waals surface area contributed by atoms with E-state index in [1.807, 2.05) is 6.08 Å². The van der Waals surface area contributed by atoms with Crippen LogP contribution in [0.25, 0.3) is 11.3 Å². The number of ether oxygens (including phenoxy) is 1. The fourth-order valence-corrected chi connectivity index (χ4v) is 4.54. The van der Waals surface area contributed by atoms with E-state index in [1.165, 1.54) is 35.1 Å². The first-order valence-corrected chi connectivity index (χ1v) is 12.2. The van der Waals surface area contributed by atoms with Crippen LogP contribution in [0, 0.1) is 12.8 Å². The van der Waals surface area contributed by atoms with Crippen LogP contribution in [0.2, 0.25) is 5.02 Å². The van der Waals surface area contributed by atoms with Crippen molar-refractivity contribution in [1.29, 1.82) is 0 Å². The van der Waals surface area contributed by atoms with Crippen LogP contribution < -0.4 is 16.2 Å². The number of hydrogen-bond donors (Lipinski definition) is 3. The number of allylic oxidation sites excluding steroid dienone is 2. The molecule has 0 amide bonds. The summed E-state index contributed by atoms with van der Waals surface area (Å²) in [4.78, 5) is 19.1. The molecule has 5 N–H and O–H groups in total. The Morgan fingerprint density at radius 3 is 2.66 bits per heavy atom. The third-order valence-corrected chi connectivity index (χ3v) is 6.49. The standard InChI is InChI=1S/C25H26ClF3N6O3/c1-13-8-9-35(34-13)20-11-16(26)6-7-17(20)22(25(27,28)29)38-21-12-19(32-24(31)33-21)15-4-2-14(3-5-15)10-18(30)23(36)37/h4,6-9,11-12,14,18,22H,2-3,5,10,30H2,1H3,(H,36,37)(H2,31,32,33)/t14?,18?,22-/m1/s1. The number of nitrogens with two attached hydrogens (primary N) is 2. The van der Waals surface area contributed by atoms with Crippen molar-refractivity contribution in [3.63, 3.8) is 0 Å². The number of carbonyl (C=O) groups is 1. The number of aliphatic carboxylic acids is 1. The molecule has 0 fully saturated rings. The van der Waals surface area contributed by atoms with E-state index >= 15 is 0 Å². The molecule has 2 unspecified atom stereocenters. The first-order valence-electron chi connectivity index (χ1n) is 11.8. The van der Waals surface area contributed by atoms with Gasteiger partial charge in [0.25, 0.3) is 0 Å². The molecule has 1 aromatic carbocycles. The number of hydrogen-bond acceptors (Lipinski definition) is 7. The minimum atomic E-state index is -4.81. The molecule has 2 aromatic heterocycles. The largest absolute Gasteiger partial charge is 0.480 e. The maximum Gasteiger partial charge on any atom is 0.429 e. The SMILES string of the molecule is Cc1ccn(-c2cc(Cl)ccc2[C@@H](Oc2cc(C3=CCC(CC(N)C(=O)O)CC3)nc(N)n2)C(F)(F)F)n1. The molecule has 0 saturated carbocycles. The van der Waals surface area contributed by atoms with E-state index in [0.29, 0.717) is 37.1 Å². The molecular formula is C25H26ClF3N6O3. The van der Waals surface area contributed by atoms with Gasteiger partial charge in [-0.05, 0) is 62.3 Å². The van der Waals surface area contributed by atoms with Gasteiger partial charge in [-0.2, -0.15) is 23.3 Å². The van der Waals surface area contributed by atoms with Gasteiger partial charge in [-0.1, -0.05) is 23.7 Å².